The van der Waals surface area contributed by atoms with Gasteiger partial charge in [-0.2, -0.15) is 13.2 Å². The second-order valence-electron chi connectivity index (χ2n) is 6.30. The Hall–Kier alpha value is -3.33. The quantitative estimate of drug-likeness (QED) is 0.518. The van der Waals surface area contributed by atoms with Crippen LogP contribution in [0, 0.1) is 0 Å². The Morgan fingerprint density at radius 2 is 1.59 bits per heavy atom. The van der Waals surface area contributed by atoms with Gasteiger partial charge in [-0.05, 0) is 48.5 Å². The average molecular weight is 417 g/mol. The van der Waals surface area contributed by atoms with Gasteiger partial charge >= 0.3 is 6.18 Å². The fraction of sp³-hybridized carbons (Fsp3) is 0.0500. The highest BCUT2D eigenvalue weighted by atomic mass is 32.2. The van der Waals surface area contributed by atoms with E-state index in [-0.39, 0.29) is 10.6 Å². The van der Waals surface area contributed by atoms with Gasteiger partial charge in [0.25, 0.3) is 10.0 Å². The summed E-state index contributed by atoms with van der Waals surface area (Å²) < 4.78 is 67.0. The Morgan fingerprint density at radius 3 is 2.21 bits per heavy atom. The highest BCUT2D eigenvalue weighted by Crippen LogP contribution is 2.30. The minimum Gasteiger partial charge on any atom is -0.306 e. The molecule has 2 heterocycles. The molecule has 0 saturated heterocycles. The zero-order valence-corrected chi connectivity index (χ0v) is 15.6. The minimum atomic E-state index is -4.52. The normalized spacial score (nSPS) is 12.2. The fourth-order valence-corrected chi connectivity index (χ4v) is 3.88. The molecule has 0 atom stereocenters. The first-order valence-corrected chi connectivity index (χ1v) is 9.95. The van der Waals surface area contributed by atoms with Crippen LogP contribution in [0.5, 0.6) is 0 Å². The summed E-state index contributed by atoms with van der Waals surface area (Å²) in [4.78, 5) is 4.24. The molecule has 9 heteroatoms. The third kappa shape index (κ3) is 3.95. The van der Waals surface area contributed by atoms with Crippen molar-refractivity contribution in [1.29, 1.82) is 0 Å². The van der Waals surface area contributed by atoms with E-state index >= 15 is 0 Å². The highest BCUT2D eigenvalue weighted by molar-refractivity contribution is 7.92. The Morgan fingerprint density at radius 1 is 0.897 bits per heavy atom. The van der Waals surface area contributed by atoms with E-state index in [1.165, 1.54) is 0 Å². The average Bonchev–Trinajstić information content (AvgIpc) is 3.12. The molecule has 2 aromatic carbocycles. The third-order valence-corrected chi connectivity index (χ3v) is 5.69. The van der Waals surface area contributed by atoms with E-state index in [4.69, 9.17) is 0 Å². The highest BCUT2D eigenvalue weighted by Gasteiger charge is 2.30. The number of anilines is 1. The van der Waals surface area contributed by atoms with Gasteiger partial charge in [-0.15, -0.1) is 0 Å². The topological polar surface area (TPSA) is 63.5 Å². The van der Waals surface area contributed by atoms with Crippen LogP contribution >= 0.6 is 0 Å². The van der Waals surface area contributed by atoms with E-state index in [1.54, 1.807) is 24.3 Å². The summed E-state index contributed by atoms with van der Waals surface area (Å²) in [7, 11) is -4.01. The Balaban J connectivity index is 1.54. The van der Waals surface area contributed by atoms with Crippen molar-refractivity contribution in [3.8, 4) is 11.3 Å². The van der Waals surface area contributed by atoms with Crippen LogP contribution in [0.1, 0.15) is 5.56 Å². The Labute approximate surface area is 164 Å². The minimum absolute atomic E-state index is 0.255. The lowest BCUT2D eigenvalue weighted by molar-refractivity contribution is -0.137. The molecule has 5 nitrogen and oxygen atoms in total. The number of sulfonamides is 1. The summed E-state index contributed by atoms with van der Waals surface area (Å²) in [6.45, 7) is 0. The first-order valence-electron chi connectivity index (χ1n) is 8.47. The molecule has 4 rings (SSSR count). The van der Waals surface area contributed by atoms with Gasteiger partial charge in [-0.3, -0.25) is 4.72 Å². The molecule has 0 amide bonds. The number of nitrogens with zero attached hydrogens (tertiary/aromatic N) is 2. The van der Waals surface area contributed by atoms with Crippen molar-refractivity contribution in [2.24, 2.45) is 0 Å². The number of alkyl halides is 3. The number of halogens is 3. The fourth-order valence-electron chi connectivity index (χ4n) is 2.82. The largest absolute Gasteiger partial charge is 0.416 e. The number of hydrogen-bond donors (Lipinski definition) is 1. The molecule has 0 spiro atoms. The molecule has 148 valence electrons. The van der Waals surface area contributed by atoms with Crippen molar-refractivity contribution in [2.75, 3.05) is 4.72 Å². The molecule has 2 aromatic heterocycles. The van der Waals surface area contributed by atoms with Gasteiger partial charge in [0, 0.05) is 23.6 Å². The van der Waals surface area contributed by atoms with Crippen molar-refractivity contribution < 1.29 is 21.6 Å². The van der Waals surface area contributed by atoms with Crippen LogP contribution in [0.3, 0.4) is 0 Å². The van der Waals surface area contributed by atoms with Crippen LogP contribution in [-0.2, 0) is 16.2 Å². The number of fused-ring (bicyclic) bond motifs is 1. The Bertz CT molecular complexity index is 1230. The first kappa shape index (κ1) is 19.0. The van der Waals surface area contributed by atoms with E-state index < -0.39 is 21.8 Å². The van der Waals surface area contributed by atoms with E-state index in [0.717, 1.165) is 41.2 Å². The summed E-state index contributed by atoms with van der Waals surface area (Å²) in [5.74, 6) is 0. The van der Waals surface area contributed by atoms with Crippen LogP contribution in [0.2, 0.25) is 0 Å². The molecule has 0 fully saturated rings. The van der Waals surface area contributed by atoms with E-state index in [9.17, 15) is 21.6 Å². The SMILES string of the molecule is O=S(=O)(Nc1ccc(-c2cn3ccccc3n2)cc1)c1ccc(C(F)(F)F)cc1. The molecule has 4 aromatic rings. The van der Waals surface area contributed by atoms with Gasteiger partial charge in [-0.25, -0.2) is 13.4 Å². The first-order chi connectivity index (χ1) is 13.7. The number of hydrogen-bond acceptors (Lipinski definition) is 3. The second-order valence-corrected chi connectivity index (χ2v) is 7.98. The van der Waals surface area contributed by atoms with Gasteiger partial charge in [-0.1, -0.05) is 18.2 Å². The Kier molecular flexibility index (Phi) is 4.54. The maximum Gasteiger partial charge on any atom is 0.416 e. The van der Waals surface area contributed by atoms with Crippen molar-refractivity contribution >= 4 is 21.4 Å². The van der Waals surface area contributed by atoms with Gasteiger partial charge in [0.1, 0.15) is 5.65 Å². The molecule has 0 unspecified atom stereocenters. The van der Waals surface area contributed by atoms with Crippen LogP contribution in [0.25, 0.3) is 16.9 Å². The number of aromatic nitrogens is 2. The van der Waals surface area contributed by atoms with Crippen molar-refractivity contribution in [3.05, 3.63) is 84.7 Å². The lowest BCUT2D eigenvalue weighted by Crippen LogP contribution is -2.13. The molecule has 0 aliphatic carbocycles. The number of rotatable bonds is 4. The maximum atomic E-state index is 12.6. The zero-order chi connectivity index (χ0) is 20.6. The summed E-state index contributed by atoms with van der Waals surface area (Å²) in [5.41, 5.74) is 1.69. The molecular formula is C20H14F3N3O2S. The summed E-state index contributed by atoms with van der Waals surface area (Å²) in [5, 5.41) is 0. The summed E-state index contributed by atoms with van der Waals surface area (Å²) in [6.07, 6.45) is -0.793. The number of benzene rings is 2. The second kappa shape index (κ2) is 6.93. The van der Waals surface area contributed by atoms with Crippen LogP contribution in [0.4, 0.5) is 18.9 Å². The molecule has 0 bridgehead atoms. The third-order valence-electron chi connectivity index (χ3n) is 4.29. The van der Waals surface area contributed by atoms with Gasteiger partial charge in [0.15, 0.2) is 0 Å². The van der Waals surface area contributed by atoms with E-state index in [0.29, 0.717) is 0 Å². The lowest BCUT2D eigenvalue weighted by atomic mass is 10.1. The standard InChI is InChI=1S/C20H14F3N3O2S/c21-20(22,23)15-6-10-17(11-7-15)29(27,28)25-16-8-4-14(5-9-16)18-13-26-12-2-1-3-19(26)24-18/h1-13,25H. The zero-order valence-electron chi connectivity index (χ0n) is 14.8. The predicted molar refractivity (Wildman–Crippen MR) is 103 cm³/mol. The monoisotopic (exact) mass is 417 g/mol. The van der Waals surface area contributed by atoms with Crippen LogP contribution in [-0.4, -0.2) is 17.8 Å². The molecule has 0 aliphatic rings. The molecular weight excluding hydrogens is 403 g/mol. The molecule has 0 radical (unpaired) electrons. The van der Waals surface area contributed by atoms with Crippen molar-refractivity contribution in [3.63, 3.8) is 0 Å². The molecule has 1 N–H and O–H groups in total. The maximum absolute atomic E-state index is 12.6. The number of pyridine rings is 1. The molecule has 0 aliphatic heterocycles. The van der Waals surface area contributed by atoms with Crippen LogP contribution in [0.15, 0.2) is 84.0 Å². The summed E-state index contributed by atoms with van der Waals surface area (Å²) in [6, 6.07) is 15.5. The van der Waals surface area contributed by atoms with Gasteiger partial charge < -0.3 is 4.40 Å². The van der Waals surface area contributed by atoms with Gasteiger partial charge in [0.2, 0.25) is 0 Å². The lowest BCUT2D eigenvalue weighted by Gasteiger charge is -2.10. The smallest absolute Gasteiger partial charge is 0.306 e. The molecule has 29 heavy (non-hydrogen) atoms. The molecule has 0 saturated carbocycles. The number of imidazole rings is 1. The summed E-state index contributed by atoms with van der Waals surface area (Å²) >= 11 is 0. The van der Waals surface area contributed by atoms with Gasteiger partial charge in [0.05, 0.1) is 16.2 Å². The van der Waals surface area contributed by atoms with Crippen molar-refractivity contribution in [1.82, 2.24) is 9.38 Å². The predicted octanol–water partition coefficient (Wildman–Crippen LogP) is 4.82. The van der Waals surface area contributed by atoms with E-state index in [1.807, 2.05) is 35.0 Å². The number of nitrogens with one attached hydrogen (secondary N) is 1. The van der Waals surface area contributed by atoms with E-state index in [2.05, 4.69) is 9.71 Å². The van der Waals surface area contributed by atoms with Crippen LogP contribution < -0.4 is 4.72 Å². The van der Waals surface area contributed by atoms with Crippen molar-refractivity contribution in [2.45, 2.75) is 11.1 Å².